The molecule has 0 aliphatic heterocycles. The predicted molar refractivity (Wildman–Crippen MR) is 57.6 cm³/mol. The van der Waals surface area contributed by atoms with E-state index in [4.69, 9.17) is 21.7 Å². The van der Waals surface area contributed by atoms with E-state index in [1.807, 2.05) is 0 Å². The van der Waals surface area contributed by atoms with Gasteiger partial charge in [0.1, 0.15) is 6.23 Å². The molecule has 0 aromatic heterocycles. The Morgan fingerprint density at radius 1 is 0.857 bits per heavy atom. The van der Waals surface area contributed by atoms with Crippen LogP contribution in [0.2, 0.25) is 0 Å². The number of rotatable bonds is 9. The van der Waals surface area contributed by atoms with Crippen LogP contribution < -0.4 is 11.5 Å². The van der Waals surface area contributed by atoms with Crippen molar-refractivity contribution < 1.29 is 10.2 Å². The number of nitrogens with two attached hydrogens (primary N) is 2. The fourth-order valence-corrected chi connectivity index (χ4v) is 1.38. The second-order valence-corrected chi connectivity index (χ2v) is 3.86. The third-order valence-electron chi connectivity index (χ3n) is 2.31. The van der Waals surface area contributed by atoms with Gasteiger partial charge < -0.3 is 21.7 Å². The molecular weight excluding hydrogens is 180 g/mol. The Kier molecular flexibility index (Phi) is 9.29. The summed E-state index contributed by atoms with van der Waals surface area (Å²) in [7, 11) is 0. The minimum atomic E-state index is -0.655. The van der Waals surface area contributed by atoms with E-state index in [1.165, 1.54) is 0 Å². The molecule has 4 heteroatoms. The molecule has 0 bridgehead atoms. The molecule has 0 aromatic carbocycles. The molecule has 0 saturated heterocycles. The van der Waals surface area contributed by atoms with Gasteiger partial charge in [-0.15, -0.1) is 0 Å². The van der Waals surface area contributed by atoms with E-state index in [0.29, 0.717) is 6.42 Å². The third-order valence-corrected chi connectivity index (χ3v) is 2.31. The zero-order chi connectivity index (χ0) is 10.8. The number of aliphatic hydroxyl groups excluding tert-OH is 2. The molecule has 14 heavy (non-hydrogen) atoms. The Labute approximate surface area is 86.3 Å². The summed E-state index contributed by atoms with van der Waals surface area (Å²) in [5.41, 5.74) is 10.8. The molecule has 0 amide bonds. The summed E-state index contributed by atoms with van der Waals surface area (Å²) < 4.78 is 0. The van der Waals surface area contributed by atoms with Crippen LogP contribution in [0.5, 0.6) is 0 Å². The third kappa shape index (κ3) is 9.92. The Hall–Kier alpha value is -0.160. The summed E-state index contributed by atoms with van der Waals surface area (Å²) in [6, 6.07) is -0.0548. The largest absolute Gasteiger partial charge is 0.395 e. The maximum atomic E-state index is 8.79. The first-order chi connectivity index (χ1) is 6.66. The van der Waals surface area contributed by atoms with Crippen LogP contribution in [0.15, 0.2) is 0 Å². The maximum absolute atomic E-state index is 8.79. The van der Waals surface area contributed by atoms with Crippen molar-refractivity contribution in [2.45, 2.75) is 57.2 Å². The summed E-state index contributed by atoms with van der Waals surface area (Å²) in [4.78, 5) is 0. The zero-order valence-corrected chi connectivity index (χ0v) is 8.86. The molecule has 4 nitrogen and oxygen atoms in total. The molecule has 0 aromatic rings. The molecular formula is C10H24N2O2. The maximum Gasteiger partial charge on any atom is 0.102 e. The van der Waals surface area contributed by atoms with Crippen molar-refractivity contribution in [2.75, 3.05) is 6.61 Å². The molecule has 0 radical (unpaired) electrons. The summed E-state index contributed by atoms with van der Waals surface area (Å²) in [6.07, 6.45) is 6.42. The van der Waals surface area contributed by atoms with E-state index in [9.17, 15) is 0 Å². The van der Waals surface area contributed by atoms with Crippen molar-refractivity contribution in [3.05, 3.63) is 0 Å². The lowest BCUT2D eigenvalue weighted by atomic mass is 10.1. The van der Waals surface area contributed by atoms with Gasteiger partial charge in [0, 0.05) is 6.04 Å². The van der Waals surface area contributed by atoms with Gasteiger partial charge in [-0.3, -0.25) is 0 Å². The van der Waals surface area contributed by atoms with Crippen LogP contribution in [0.1, 0.15) is 44.9 Å². The van der Waals surface area contributed by atoms with Gasteiger partial charge in [0.25, 0.3) is 0 Å². The summed E-state index contributed by atoms with van der Waals surface area (Å²) in [5.74, 6) is 0. The molecule has 0 heterocycles. The van der Waals surface area contributed by atoms with Crippen LogP contribution in [-0.4, -0.2) is 29.1 Å². The highest BCUT2D eigenvalue weighted by molar-refractivity contribution is 4.58. The normalized spacial score (nSPS) is 15.4. The Bertz CT molecular complexity index is 121. The monoisotopic (exact) mass is 204 g/mol. The number of aliphatic hydroxyl groups is 2. The summed E-state index contributed by atoms with van der Waals surface area (Å²) in [6.45, 7) is 0.0827. The Morgan fingerprint density at radius 2 is 1.36 bits per heavy atom. The Morgan fingerprint density at radius 3 is 1.86 bits per heavy atom. The van der Waals surface area contributed by atoms with Gasteiger partial charge in [0.05, 0.1) is 6.61 Å². The molecule has 2 unspecified atom stereocenters. The molecule has 0 fully saturated rings. The van der Waals surface area contributed by atoms with Gasteiger partial charge in [-0.2, -0.15) is 0 Å². The van der Waals surface area contributed by atoms with Crippen LogP contribution in [0.4, 0.5) is 0 Å². The van der Waals surface area contributed by atoms with Crippen molar-refractivity contribution in [3.63, 3.8) is 0 Å². The lowest BCUT2D eigenvalue weighted by molar-refractivity contribution is 0.168. The van der Waals surface area contributed by atoms with Gasteiger partial charge >= 0.3 is 0 Å². The number of hydrogen-bond donors (Lipinski definition) is 4. The zero-order valence-electron chi connectivity index (χ0n) is 8.86. The van der Waals surface area contributed by atoms with E-state index in [1.54, 1.807) is 0 Å². The topological polar surface area (TPSA) is 92.5 Å². The molecule has 0 aliphatic rings. The van der Waals surface area contributed by atoms with Gasteiger partial charge in [-0.25, -0.2) is 0 Å². The van der Waals surface area contributed by atoms with Gasteiger partial charge in [0.15, 0.2) is 0 Å². The average molecular weight is 204 g/mol. The standard InChI is InChI=1S/C10H24N2O2/c11-9(8-13)6-4-2-1-3-5-7-10(12)14/h9-10,13-14H,1-8,11-12H2. The van der Waals surface area contributed by atoms with Crippen LogP contribution >= 0.6 is 0 Å². The summed E-state index contributed by atoms with van der Waals surface area (Å²) in [5, 5.41) is 17.5. The molecule has 0 spiro atoms. The van der Waals surface area contributed by atoms with Crippen molar-refractivity contribution in [1.29, 1.82) is 0 Å². The minimum Gasteiger partial charge on any atom is -0.395 e. The quantitative estimate of drug-likeness (QED) is 0.321. The highest BCUT2D eigenvalue weighted by Crippen LogP contribution is 2.08. The van der Waals surface area contributed by atoms with Gasteiger partial charge in [-0.1, -0.05) is 25.7 Å². The van der Waals surface area contributed by atoms with Crippen molar-refractivity contribution in [1.82, 2.24) is 0 Å². The predicted octanol–water partition coefficient (Wildman–Crippen LogP) is 0.314. The molecule has 6 N–H and O–H groups in total. The first kappa shape index (κ1) is 13.8. The molecule has 86 valence electrons. The second kappa shape index (κ2) is 9.40. The van der Waals surface area contributed by atoms with Gasteiger partial charge in [-0.05, 0) is 19.3 Å². The Balaban J connectivity index is 2.99. The molecule has 0 saturated carbocycles. The number of unbranched alkanes of at least 4 members (excludes halogenated alkanes) is 4. The van der Waals surface area contributed by atoms with Crippen LogP contribution in [0.25, 0.3) is 0 Å². The van der Waals surface area contributed by atoms with E-state index >= 15 is 0 Å². The highest BCUT2D eigenvalue weighted by atomic mass is 16.3. The smallest absolute Gasteiger partial charge is 0.102 e. The highest BCUT2D eigenvalue weighted by Gasteiger charge is 1.99. The molecule has 0 rings (SSSR count). The fourth-order valence-electron chi connectivity index (χ4n) is 1.38. The van der Waals surface area contributed by atoms with E-state index in [2.05, 4.69) is 0 Å². The summed E-state index contributed by atoms with van der Waals surface area (Å²) >= 11 is 0. The first-order valence-corrected chi connectivity index (χ1v) is 5.47. The minimum absolute atomic E-state index is 0.0548. The van der Waals surface area contributed by atoms with Crippen LogP contribution in [-0.2, 0) is 0 Å². The van der Waals surface area contributed by atoms with E-state index < -0.39 is 6.23 Å². The molecule has 2 atom stereocenters. The lowest BCUT2D eigenvalue weighted by Gasteiger charge is -2.07. The van der Waals surface area contributed by atoms with Crippen molar-refractivity contribution >= 4 is 0 Å². The van der Waals surface area contributed by atoms with Gasteiger partial charge in [0.2, 0.25) is 0 Å². The average Bonchev–Trinajstić information content (AvgIpc) is 2.15. The SMILES string of the molecule is NC(O)CCCCCCCC(N)CO. The van der Waals surface area contributed by atoms with Crippen LogP contribution in [0, 0.1) is 0 Å². The van der Waals surface area contributed by atoms with Crippen molar-refractivity contribution in [2.24, 2.45) is 11.5 Å². The second-order valence-electron chi connectivity index (χ2n) is 3.86. The van der Waals surface area contributed by atoms with Crippen molar-refractivity contribution in [3.8, 4) is 0 Å². The first-order valence-electron chi connectivity index (χ1n) is 5.47. The lowest BCUT2D eigenvalue weighted by Crippen LogP contribution is -2.23. The van der Waals surface area contributed by atoms with E-state index in [0.717, 1.165) is 38.5 Å². The van der Waals surface area contributed by atoms with E-state index in [-0.39, 0.29) is 12.6 Å². The van der Waals surface area contributed by atoms with Crippen LogP contribution in [0.3, 0.4) is 0 Å². The number of hydrogen-bond acceptors (Lipinski definition) is 4. The fraction of sp³-hybridized carbons (Fsp3) is 1.00. The molecule has 0 aliphatic carbocycles.